The third-order valence-electron chi connectivity index (χ3n) is 7.23. The van der Waals surface area contributed by atoms with Gasteiger partial charge in [0.1, 0.15) is 11.3 Å². The summed E-state index contributed by atoms with van der Waals surface area (Å²) in [5, 5.41) is 0.521. The maximum absolute atomic E-state index is 13.8. The number of carbonyl (C=O) groups excluding carboxylic acids is 1. The van der Waals surface area contributed by atoms with Crippen molar-refractivity contribution in [2.45, 2.75) is 39.7 Å². The number of hydrogen-bond donors (Lipinski definition) is 0. The van der Waals surface area contributed by atoms with Crippen LogP contribution in [0, 0.1) is 13.8 Å². The van der Waals surface area contributed by atoms with Gasteiger partial charge in [0.2, 0.25) is 5.76 Å². The van der Waals surface area contributed by atoms with Gasteiger partial charge in [-0.3, -0.25) is 14.5 Å². The summed E-state index contributed by atoms with van der Waals surface area (Å²) in [6, 6.07) is 11.0. The van der Waals surface area contributed by atoms with E-state index in [4.69, 9.17) is 13.9 Å². The lowest BCUT2D eigenvalue weighted by atomic mass is 9.97. The Kier molecular flexibility index (Phi) is 7.12. The van der Waals surface area contributed by atoms with Gasteiger partial charge in [-0.25, -0.2) is 0 Å². The van der Waals surface area contributed by atoms with Gasteiger partial charge >= 0.3 is 0 Å². The van der Waals surface area contributed by atoms with Crippen molar-refractivity contribution >= 4 is 16.9 Å². The van der Waals surface area contributed by atoms with E-state index >= 15 is 0 Å². The molecule has 3 heterocycles. The van der Waals surface area contributed by atoms with Crippen molar-refractivity contribution in [3.05, 3.63) is 74.6 Å². The van der Waals surface area contributed by atoms with Crippen molar-refractivity contribution < 1.29 is 18.7 Å². The molecule has 36 heavy (non-hydrogen) atoms. The molecule has 0 N–H and O–H groups in total. The minimum absolute atomic E-state index is 0.130. The van der Waals surface area contributed by atoms with Crippen LogP contribution in [0.4, 0.5) is 0 Å². The highest BCUT2D eigenvalue weighted by Crippen LogP contribution is 2.39. The van der Waals surface area contributed by atoms with Crippen LogP contribution in [0.25, 0.3) is 11.0 Å². The van der Waals surface area contributed by atoms with E-state index in [0.29, 0.717) is 29.7 Å². The molecule has 2 aliphatic rings. The molecule has 5 rings (SSSR count). The molecular weight excluding hydrogens is 456 g/mol. The Balaban J connectivity index is 1.52. The van der Waals surface area contributed by atoms with Crippen molar-refractivity contribution in [1.82, 2.24) is 9.80 Å². The first-order chi connectivity index (χ1) is 17.5. The Bertz CT molecular complexity index is 1310. The molecule has 3 aromatic rings. The number of fused-ring (bicyclic) bond motifs is 2. The van der Waals surface area contributed by atoms with E-state index < -0.39 is 6.04 Å². The van der Waals surface area contributed by atoms with E-state index in [9.17, 15) is 9.59 Å². The molecule has 7 nitrogen and oxygen atoms in total. The lowest BCUT2D eigenvalue weighted by Gasteiger charge is -2.29. The largest absolute Gasteiger partial charge is 0.494 e. The number of benzene rings is 2. The lowest BCUT2D eigenvalue weighted by Crippen LogP contribution is -2.38. The predicted molar refractivity (Wildman–Crippen MR) is 139 cm³/mol. The monoisotopic (exact) mass is 490 g/mol. The van der Waals surface area contributed by atoms with Crippen molar-refractivity contribution in [1.29, 1.82) is 0 Å². The fourth-order valence-electron chi connectivity index (χ4n) is 5.11. The summed E-state index contributed by atoms with van der Waals surface area (Å²) in [5.41, 5.74) is 3.70. The minimum Gasteiger partial charge on any atom is -0.494 e. The number of rotatable bonds is 8. The predicted octanol–water partition coefficient (Wildman–Crippen LogP) is 4.47. The number of amides is 1. The summed E-state index contributed by atoms with van der Waals surface area (Å²) >= 11 is 0. The number of nitrogens with zero attached hydrogens (tertiary/aromatic N) is 2. The molecule has 1 aromatic heterocycles. The number of aryl methyl sites for hydroxylation is 2. The zero-order valence-electron chi connectivity index (χ0n) is 21.3. The van der Waals surface area contributed by atoms with Gasteiger partial charge in [-0.1, -0.05) is 19.1 Å². The number of morpholine rings is 1. The van der Waals surface area contributed by atoms with Gasteiger partial charge in [0, 0.05) is 26.2 Å². The van der Waals surface area contributed by atoms with Gasteiger partial charge in [-0.15, -0.1) is 0 Å². The van der Waals surface area contributed by atoms with E-state index in [1.54, 1.807) is 4.90 Å². The van der Waals surface area contributed by atoms with Crippen LogP contribution >= 0.6 is 0 Å². The van der Waals surface area contributed by atoms with Gasteiger partial charge in [0.15, 0.2) is 5.43 Å². The van der Waals surface area contributed by atoms with Gasteiger partial charge in [-0.05, 0) is 67.6 Å². The number of ether oxygens (including phenoxy) is 2. The van der Waals surface area contributed by atoms with E-state index in [2.05, 4.69) is 11.8 Å². The zero-order valence-corrected chi connectivity index (χ0v) is 21.3. The molecular formula is C29H34N2O5. The van der Waals surface area contributed by atoms with Crippen molar-refractivity contribution in [2.24, 2.45) is 0 Å². The average molecular weight is 491 g/mol. The Labute approximate surface area is 211 Å². The quantitative estimate of drug-likeness (QED) is 0.464. The first-order valence-corrected chi connectivity index (χ1v) is 12.9. The Morgan fingerprint density at radius 3 is 2.44 bits per heavy atom. The number of carbonyl (C=O) groups is 1. The third-order valence-corrected chi connectivity index (χ3v) is 7.23. The molecule has 7 heteroatoms. The summed E-state index contributed by atoms with van der Waals surface area (Å²) in [4.78, 5) is 31.6. The standard InChI is InChI=1S/C29H34N2O5/c1-4-14-35-22-8-6-21(7-9-22)26-25-27(32)23-17-19(2)20(3)18-24(23)36-28(25)29(33)31(26)11-5-10-30-12-15-34-16-13-30/h6-9,17-18,26H,4-5,10-16H2,1-3H3. The second-order valence-electron chi connectivity index (χ2n) is 9.73. The number of hydrogen-bond acceptors (Lipinski definition) is 6. The molecule has 190 valence electrons. The van der Waals surface area contributed by atoms with Gasteiger partial charge in [0.25, 0.3) is 5.91 Å². The smallest absolute Gasteiger partial charge is 0.290 e. The molecule has 2 aromatic carbocycles. The van der Waals surface area contributed by atoms with E-state index in [-0.39, 0.29) is 17.1 Å². The summed E-state index contributed by atoms with van der Waals surface area (Å²) < 4.78 is 17.3. The van der Waals surface area contributed by atoms with Gasteiger partial charge in [0.05, 0.1) is 36.8 Å². The SMILES string of the molecule is CCCOc1ccc(C2c3c(oc4cc(C)c(C)cc4c3=O)C(=O)N2CCCN2CCOCC2)cc1. The van der Waals surface area contributed by atoms with Crippen LogP contribution in [0.2, 0.25) is 0 Å². The minimum atomic E-state index is -0.486. The van der Waals surface area contributed by atoms with Gasteiger partial charge < -0.3 is 18.8 Å². The first-order valence-electron chi connectivity index (χ1n) is 12.9. The summed E-state index contributed by atoms with van der Waals surface area (Å²) in [7, 11) is 0. The van der Waals surface area contributed by atoms with Crippen LogP contribution in [0.1, 0.15) is 58.6 Å². The van der Waals surface area contributed by atoms with Crippen LogP contribution < -0.4 is 10.2 Å². The second kappa shape index (κ2) is 10.4. The van der Waals surface area contributed by atoms with Crippen LogP contribution in [0.15, 0.2) is 45.6 Å². The highest BCUT2D eigenvalue weighted by atomic mass is 16.5. The van der Waals surface area contributed by atoms with Crippen LogP contribution in [-0.4, -0.2) is 61.7 Å². The molecule has 2 aliphatic heterocycles. The zero-order chi connectivity index (χ0) is 25.2. The molecule has 0 aliphatic carbocycles. The van der Waals surface area contributed by atoms with E-state index in [1.807, 2.05) is 50.2 Å². The molecule has 0 radical (unpaired) electrons. The maximum Gasteiger partial charge on any atom is 0.290 e. The lowest BCUT2D eigenvalue weighted by molar-refractivity contribution is 0.0353. The summed E-state index contributed by atoms with van der Waals surface area (Å²) in [6.45, 7) is 11.4. The Morgan fingerprint density at radius 1 is 1.00 bits per heavy atom. The fourth-order valence-corrected chi connectivity index (χ4v) is 5.11. The Morgan fingerprint density at radius 2 is 1.72 bits per heavy atom. The van der Waals surface area contributed by atoms with E-state index in [1.165, 1.54) is 0 Å². The molecule has 1 saturated heterocycles. The Hall–Kier alpha value is -3.16. The average Bonchev–Trinajstić information content (AvgIpc) is 3.17. The van der Waals surface area contributed by atoms with Crippen molar-refractivity contribution in [2.75, 3.05) is 46.0 Å². The van der Waals surface area contributed by atoms with E-state index in [0.717, 1.165) is 68.1 Å². The highest BCUT2D eigenvalue weighted by Gasteiger charge is 2.42. The summed E-state index contributed by atoms with van der Waals surface area (Å²) in [6.07, 6.45) is 1.73. The van der Waals surface area contributed by atoms with Crippen LogP contribution in [0.5, 0.6) is 5.75 Å². The molecule has 1 fully saturated rings. The normalized spacial score (nSPS) is 18.1. The van der Waals surface area contributed by atoms with Crippen LogP contribution in [-0.2, 0) is 4.74 Å². The second-order valence-corrected chi connectivity index (χ2v) is 9.73. The third kappa shape index (κ3) is 4.65. The first kappa shape index (κ1) is 24.5. The van der Waals surface area contributed by atoms with Crippen molar-refractivity contribution in [3.8, 4) is 5.75 Å². The fraction of sp³-hybridized carbons (Fsp3) is 0.448. The molecule has 1 amide bonds. The van der Waals surface area contributed by atoms with Crippen LogP contribution in [0.3, 0.4) is 0 Å². The molecule has 0 spiro atoms. The molecule has 1 atom stereocenters. The maximum atomic E-state index is 13.8. The van der Waals surface area contributed by atoms with Gasteiger partial charge in [-0.2, -0.15) is 0 Å². The molecule has 0 bridgehead atoms. The molecule has 0 saturated carbocycles. The summed E-state index contributed by atoms with van der Waals surface area (Å²) in [5.74, 6) is 0.722. The molecule has 1 unspecified atom stereocenters. The van der Waals surface area contributed by atoms with Crippen molar-refractivity contribution in [3.63, 3.8) is 0 Å². The highest BCUT2D eigenvalue weighted by molar-refractivity contribution is 5.99. The topological polar surface area (TPSA) is 72.2 Å².